The summed E-state index contributed by atoms with van der Waals surface area (Å²) in [6.45, 7) is 2.22. The standard InChI is InChI=1S/C15H20N4O/c1-2-6-15(7-3-8-15)14-18-13(20-19-14)5-4-12-9-16-11-17-10-12/h9-11H,2-8H2,1H3. The Bertz CT molecular complexity index is 548. The Hall–Kier alpha value is -1.78. The van der Waals surface area contributed by atoms with Gasteiger partial charge in [0.1, 0.15) is 6.33 Å². The van der Waals surface area contributed by atoms with Crippen molar-refractivity contribution in [2.24, 2.45) is 0 Å². The molecule has 1 aliphatic carbocycles. The predicted molar refractivity (Wildman–Crippen MR) is 74.2 cm³/mol. The second-order valence-corrected chi connectivity index (χ2v) is 5.64. The number of aryl methyl sites for hydroxylation is 2. The molecule has 1 saturated carbocycles. The maximum atomic E-state index is 5.41. The summed E-state index contributed by atoms with van der Waals surface area (Å²) in [5.74, 6) is 1.65. The lowest BCUT2D eigenvalue weighted by Crippen LogP contribution is -2.35. The molecule has 2 aromatic rings. The molecule has 0 amide bonds. The zero-order valence-corrected chi connectivity index (χ0v) is 11.9. The molecule has 0 radical (unpaired) electrons. The molecule has 0 aliphatic heterocycles. The summed E-state index contributed by atoms with van der Waals surface area (Å²) in [7, 11) is 0. The average molecular weight is 272 g/mol. The van der Waals surface area contributed by atoms with Gasteiger partial charge in [-0.1, -0.05) is 24.9 Å². The lowest BCUT2D eigenvalue weighted by atomic mass is 9.65. The first-order chi connectivity index (χ1) is 9.82. The van der Waals surface area contributed by atoms with Crippen LogP contribution in [0.25, 0.3) is 0 Å². The van der Waals surface area contributed by atoms with E-state index in [0.717, 1.165) is 30.1 Å². The van der Waals surface area contributed by atoms with Gasteiger partial charge >= 0.3 is 0 Å². The van der Waals surface area contributed by atoms with E-state index >= 15 is 0 Å². The minimum absolute atomic E-state index is 0.201. The molecule has 0 aromatic carbocycles. The third kappa shape index (κ3) is 2.57. The van der Waals surface area contributed by atoms with Gasteiger partial charge in [0.15, 0.2) is 5.82 Å². The SMILES string of the molecule is CCCC1(c2noc(CCc3cncnc3)n2)CCC1. The number of aromatic nitrogens is 4. The van der Waals surface area contributed by atoms with Crippen molar-refractivity contribution in [2.45, 2.75) is 57.3 Å². The molecule has 1 fully saturated rings. The van der Waals surface area contributed by atoms with Gasteiger partial charge < -0.3 is 4.52 Å². The highest BCUT2D eigenvalue weighted by molar-refractivity contribution is 5.12. The molecule has 0 bridgehead atoms. The van der Waals surface area contributed by atoms with E-state index in [1.54, 1.807) is 6.33 Å². The molecule has 5 heteroatoms. The van der Waals surface area contributed by atoms with Gasteiger partial charge in [-0.25, -0.2) is 9.97 Å². The van der Waals surface area contributed by atoms with E-state index < -0.39 is 0 Å². The highest BCUT2D eigenvalue weighted by Gasteiger charge is 2.41. The van der Waals surface area contributed by atoms with E-state index in [2.05, 4.69) is 27.0 Å². The Morgan fingerprint density at radius 2 is 2.00 bits per heavy atom. The van der Waals surface area contributed by atoms with Crippen molar-refractivity contribution in [1.29, 1.82) is 0 Å². The van der Waals surface area contributed by atoms with Crippen molar-refractivity contribution in [3.63, 3.8) is 0 Å². The van der Waals surface area contributed by atoms with Crippen molar-refractivity contribution in [3.8, 4) is 0 Å². The van der Waals surface area contributed by atoms with E-state index in [-0.39, 0.29) is 5.41 Å². The van der Waals surface area contributed by atoms with Gasteiger partial charge in [0.2, 0.25) is 5.89 Å². The Balaban J connectivity index is 1.65. The van der Waals surface area contributed by atoms with Gasteiger partial charge in [0.05, 0.1) is 0 Å². The van der Waals surface area contributed by atoms with Gasteiger partial charge in [0.25, 0.3) is 0 Å². The zero-order chi connectivity index (χ0) is 13.8. The Morgan fingerprint density at radius 3 is 2.65 bits per heavy atom. The fraction of sp³-hybridized carbons (Fsp3) is 0.600. The third-order valence-electron chi connectivity index (χ3n) is 4.22. The first kappa shape index (κ1) is 13.2. The topological polar surface area (TPSA) is 64.7 Å². The molecular weight excluding hydrogens is 252 g/mol. The lowest BCUT2D eigenvalue weighted by Gasteiger charge is -2.38. The van der Waals surface area contributed by atoms with Crippen LogP contribution in [0.5, 0.6) is 0 Å². The quantitative estimate of drug-likeness (QED) is 0.809. The molecule has 0 unspecified atom stereocenters. The molecule has 0 atom stereocenters. The summed E-state index contributed by atoms with van der Waals surface area (Å²) in [6.07, 6.45) is 12.8. The van der Waals surface area contributed by atoms with E-state index in [0.29, 0.717) is 0 Å². The summed E-state index contributed by atoms with van der Waals surface area (Å²) in [5.41, 5.74) is 1.30. The third-order valence-corrected chi connectivity index (χ3v) is 4.22. The molecule has 2 heterocycles. The molecule has 20 heavy (non-hydrogen) atoms. The van der Waals surface area contributed by atoms with Crippen LogP contribution in [0.15, 0.2) is 23.2 Å². The Kier molecular flexibility index (Phi) is 3.76. The maximum absolute atomic E-state index is 5.41. The number of hydrogen-bond donors (Lipinski definition) is 0. The van der Waals surface area contributed by atoms with Crippen LogP contribution in [0.3, 0.4) is 0 Å². The van der Waals surface area contributed by atoms with E-state index in [9.17, 15) is 0 Å². The number of rotatable bonds is 6. The average Bonchev–Trinajstić information content (AvgIpc) is 2.91. The molecule has 5 nitrogen and oxygen atoms in total. The van der Waals surface area contributed by atoms with Gasteiger partial charge in [-0.05, 0) is 31.2 Å². The summed E-state index contributed by atoms with van der Waals surface area (Å²) < 4.78 is 5.41. The second-order valence-electron chi connectivity index (χ2n) is 5.64. The molecule has 0 saturated heterocycles. The van der Waals surface area contributed by atoms with Gasteiger partial charge in [-0.15, -0.1) is 0 Å². The molecule has 2 aromatic heterocycles. The molecule has 106 valence electrons. The smallest absolute Gasteiger partial charge is 0.226 e. The molecular formula is C15H20N4O. The number of nitrogens with zero attached hydrogens (tertiary/aromatic N) is 4. The summed E-state index contributed by atoms with van der Waals surface area (Å²) in [6, 6.07) is 0. The van der Waals surface area contributed by atoms with Crippen molar-refractivity contribution < 1.29 is 4.52 Å². The number of hydrogen-bond acceptors (Lipinski definition) is 5. The fourth-order valence-electron chi connectivity index (χ4n) is 2.95. The molecule has 0 N–H and O–H groups in total. The molecule has 0 spiro atoms. The van der Waals surface area contributed by atoms with Crippen molar-refractivity contribution in [1.82, 2.24) is 20.1 Å². The highest BCUT2D eigenvalue weighted by atomic mass is 16.5. The van der Waals surface area contributed by atoms with Gasteiger partial charge in [0, 0.05) is 24.2 Å². The zero-order valence-electron chi connectivity index (χ0n) is 11.9. The fourth-order valence-corrected chi connectivity index (χ4v) is 2.95. The normalized spacial score (nSPS) is 16.9. The summed E-state index contributed by atoms with van der Waals surface area (Å²) >= 11 is 0. The first-order valence-corrected chi connectivity index (χ1v) is 7.39. The Morgan fingerprint density at radius 1 is 1.20 bits per heavy atom. The minimum atomic E-state index is 0.201. The predicted octanol–water partition coefficient (Wildman–Crippen LogP) is 2.87. The van der Waals surface area contributed by atoms with Crippen LogP contribution in [-0.2, 0) is 18.3 Å². The molecule has 1 aliphatic rings. The van der Waals surface area contributed by atoms with Gasteiger partial charge in [-0.2, -0.15) is 4.98 Å². The van der Waals surface area contributed by atoms with E-state index in [4.69, 9.17) is 4.52 Å². The second kappa shape index (κ2) is 5.69. The van der Waals surface area contributed by atoms with Crippen LogP contribution >= 0.6 is 0 Å². The molecule has 3 rings (SSSR count). The van der Waals surface area contributed by atoms with E-state index in [1.807, 2.05) is 12.4 Å². The summed E-state index contributed by atoms with van der Waals surface area (Å²) in [5, 5.41) is 4.22. The summed E-state index contributed by atoms with van der Waals surface area (Å²) in [4.78, 5) is 12.6. The van der Waals surface area contributed by atoms with Gasteiger partial charge in [-0.3, -0.25) is 0 Å². The largest absolute Gasteiger partial charge is 0.339 e. The van der Waals surface area contributed by atoms with Crippen molar-refractivity contribution >= 4 is 0 Å². The highest BCUT2D eigenvalue weighted by Crippen LogP contribution is 2.45. The maximum Gasteiger partial charge on any atom is 0.226 e. The van der Waals surface area contributed by atoms with Crippen LogP contribution in [0, 0.1) is 0 Å². The Labute approximate surface area is 118 Å². The van der Waals surface area contributed by atoms with Crippen molar-refractivity contribution in [2.75, 3.05) is 0 Å². The van der Waals surface area contributed by atoms with Crippen LogP contribution in [-0.4, -0.2) is 20.1 Å². The lowest BCUT2D eigenvalue weighted by molar-refractivity contribution is 0.202. The van der Waals surface area contributed by atoms with Crippen molar-refractivity contribution in [3.05, 3.63) is 36.0 Å². The van der Waals surface area contributed by atoms with Crippen LogP contribution in [0.2, 0.25) is 0 Å². The first-order valence-electron chi connectivity index (χ1n) is 7.39. The van der Waals surface area contributed by atoms with Crippen LogP contribution in [0.4, 0.5) is 0 Å². The monoisotopic (exact) mass is 272 g/mol. The van der Waals surface area contributed by atoms with Crippen LogP contribution < -0.4 is 0 Å². The van der Waals surface area contributed by atoms with Crippen LogP contribution in [0.1, 0.15) is 56.3 Å². The minimum Gasteiger partial charge on any atom is -0.339 e. The van der Waals surface area contributed by atoms with E-state index in [1.165, 1.54) is 32.1 Å².